The lowest BCUT2D eigenvalue weighted by Gasteiger charge is -2.29. The normalized spacial score (nSPS) is 14.2. The van der Waals surface area contributed by atoms with E-state index in [4.69, 9.17) is 4.42 Å². The number of rotatable bonds is 4. The first-order valence-electron chi connectivity index (χ1n) is 8.67. The first kappa shape index (κ1) is 19.0. The van der Waals surface area contributed by atoms with Gasteiger partial charge in [-0.2, -0.15) is 13.2 Å². The number of benzene rings is 2. The lowest BCUT2D eigenvalue weighted by Crippen LogP contribution is -2.46. The molecule has 1 amide bonds. The van der Waals surface area contributed by atoms with Gasteiger partial charge in [0.2, 0.25) is 11.5 Å². The van der Waals surface area contributed by atoms with Crippen molar-refractivity contribution in [2.75, 3.05) is 5.32 Å². The highest BCUT2D eigenvalue weighted by atomic mass is 19.4. The number of imidazole rings is 1. The number of fused-ring (bicyclic) bond motifs is 3. The molecule has 0 aliphatic carbocycles. The maximum Gasteiger partial charge on any atom is 0.425 e. The van der Waals surface area contributed by atoms with E-state index in [0.29, 0.717) is 11.2 Å². The molecule has 0 radical (unpaired) electrons. The van der Waals surface area contributed by atoms with Crippen LogP contribution in [0.15, 0.2) is 59.3 Å². The van der Waals surface area contributed by atoms with Crippen LogP contribution in [-0.4, -0.2) is 26.7 Å². The topological polar surface area (TPSA) is 80.3 Å². The molecule has 4 rings (SSSR count). The standard InChI is InChI=1S/C20H16F3N3O3/c1-26-9-8-24-18(26)19(28,20(21,22)23)11-17(27)25-12-6-7-14-13-4-2-3-5-15(13)29-16(14)10-12/h2-10,28H,11H2,1H3,(H,25,27). The van der Waals surface area contributed by atoms with Crippen LogP contribution < -0.4 is 5.32 Å². The molecule has 0 saturated carbocycles. The molecule has 150 valence electrons. The van der Waals surface area contributed by atoms with Gasteiger partial charge in [0.15, 0.2) is 5.82 Å². The largest absolute Gasteiger partial charge is 0.456 e. The summed E-state index contributed by atoms with van der Waals surface area (Å²) in [5.41, 5.74) is -2.02. The molecule has 0 saturated heterocycles. The minimum absolute atomic E-state index is 0.255. The molecular formula is C20H16F3N3O3. The molecule has 0 fully saturated rings. The summed E-state index contributed by atoms with van der Waals surface area (Å²) in [4.78, 5) is 15.9. The molecular weight excluding hydrogens is 387 g/mol. The van der Waals surface area contributed by atoms with Crippen molar-refractivity contribution in [3.05, 3.63) is 60.7 Å². The van der Waals surface area contributed by atoms with E-state index >= 15 is 0 Å². The van der Waals surface area contributed by atoms with Gasteiger partial charge in [-0.15, -0.1) is 0 Å². The summed E-state index contributed by atoms with van der Waals surface area (Å²) in [5.74, 6) is -1.67. The van der Waals surface area contributed by atoms with Gasteiger partial charge >= 0.3 is 6.18 Å². The molecule has 0 bridgehead atoms. The van der Waals surface area contributed by atoms with Crippen molar-refractivity contribution >= 4 is 33.5 Å². The number of nitrogens with zero attached hydrogens (tertiary/aromatic N) is 2. The zero-order valence-corrected chi connectivity index (χ0v) is 15.2. The van der Waals surface area contributed by atoms with Gasteiger partial charge in [-0.05, 0) is 18.2 Å². The van der Waals surface area contributed by atoms with Crippen molar-refractivity contribution in [3.8, 4) is 0 Å². The van der Waals surface area contributed by atoms with Gasteiger partial charge in [-0.3, -0.25) is 4.79 Å². The lowest BCUT2D eigenvalue weighted by molar-refractivity contribution is -0.270. The van der Waals surface area contributed by atoms with E-state index < -0.39 is 29.9 Å². The second-order valence-corrected chi connectivity index (χ2v) is 6.75. The summed E-state index contributed by atoms with van der Waals surface area (Å²) in [6.45, 7) is 0. The molecule has 0 aliphatic rings. The molecule has 6 nitrogen and oxygen atoms in total. The monoisotopic (exact) mass is 403 g/mol. The van der Waals surface area contributed by atoms with E-state index in [1.165, 1.54) is 19.3 Å². The van der Waals surface area contributed by atoms with E-state index in [2.05, 4.69) is 10.3 Å². The fourth-order valence-corrected chi connectivity index (χ4v) is 3.31. The number of hydrogen-bond donors (Lipinski definition) is 2. The van der Waals surface area contributed by atoms with Gasteiger partial charge in [0.25, 0.3) is 0 Å². The van der Waals surface area contributed by atoms with Crippen molar-refractivity contribution in [3.63, 3.8) is 0 Å². The number of carbonyl (C=O) groups excluding carboxylic acids is 1. The smallest absolute Gasteiger partial charge is 0.425 e. The maximum atomic E-state index is 13.6. The van der Waals surface area contributed by atoms with Crippen LogP contribution in [0.1, 0.15) is 12.2 Å². The Morgan fingerprint density at radius 1 is 1.17 bits per heavy atom. The number of carbonyl (C=O) groups is 1. The number of para-hydroxylation sites is 1. The highest BCUT2D eigenvalue weighted by molar-refractivity contribution is 6.06. The van der Waals surface area contributed by atoms with Crippen molar-refractivity contribution < 1.29 is 27.5 Å². The predicted molar refractivity (Wildman–Crippen MR) is 100 cm³/mol. The summed E-state index contributed by atoms with van der Waals surface area (Å²) in [5, 5.41) is 14.4. The number of hydrogen-bond acceptors (Lipinski definition) is 4. The number of anilines is 1. The average molecular weight is 403 g/mol. The molecule has 2 heterocycles. The van der Waals surface area contributed by atoms with Gasteiger partial charge in [-0.1, -0.05) is 18.2 Å². The Labute approximate surface area is 162 Å². The second-order valence-electron chi connectivity index (χ2n) is 6.75. The number of amides is 1. The fourth-order valence-electron chi connectivity index (χ4n) is 3.31. The van der Waals surface area contributed by atoms with Crippen LogP contribution in [0.25, 0.3) is 21.9 Å². The number of halogens is 3. The number of aliphatic hydroxyl groups is 1. The van der Waals surface area contributed by atoms with Crippen LogP contribution in [0.2, 0.25) is 0 Å². The Hall–Kier alpha value is -3.33. The maximum absolute atomic E-state index is 13.6. The van der Waals surface area contributed by atoms with E-state index in [0.717, 1.165) is 21.5 Å². The Balaban J connectivity index is 1.61. The van der Waals surface area contributed by atoms with Crippen LogP contribution in [-0.2, 0) is 17.4 Å². The molecule has 1 unspecified atom stereocenters. The van der Waals surface area contributed by atoms with Gasteiger partial charge in [-0.25, -0.2) is 4.98 Å². The Morgan fingerprint density at radius 2 is 1.90 bits per heavy atom. The van der Waals surface area contributed by atoms with Crippen LogP contribution in [0.3, 0.4) is 0 Å². The van der Waals surface area contributed by atoms with Crippen LogP contribution in [0.5, 0.6) is 0 Å². The van der Waals surface area contributed by atoms with E-state index in [9.17, 15) is 23.1 Å². The van der Waals surface area contributed by atoms with Crippen molar-refractivity contribution in [2.24, 2.45) is 7.05 Å². The molecule has 9 heteroatoms. The zero-order chi connectivity index (χ0) is 20.8. The molecule has 0 spiro atoms. The average Bonchev–Trinajstić information content (AvgIpc) is 3.23. The highest BCUT2D eigenvalue weighted by Gasteiger charge is 2.58. The Bertz CT molecular complexity index is 1210. The van der Waals surface area contributed by atoms with Crippen LogP contribution in [0, 0.1) is 0 Å². The molecule has 1 atom stereocenters. The number of aromatic nitrogens is 2. The zero-order valence-electron chi connectivity index (χ0n) is 15.2. The van der Waals surface area contributed by atoms with Crippen molar-refractivity contribution in [2.45, 2.75) is 18.2 Å². The third kappa shape index (κ3) is 3.23. The van der Waals surface area contributed by atoms with Crippen LogP contribution >= 0.6 is 0 Å². The highest BCUT2D eigenvalue weighted by Crippen LogP contribution is 2.41. The quantitative estimate of drug-likeness (QED) is 0.538. The lowest BCUT2D eigenvalue weighted by atomic mass is 9.97. The van der Waals surface area contributed by atoms with Gasteiger partial charge < -0.3 is 19.4 Å². The number of alkyl halides is 3. The predicted octanol–water partition coefficient (Wildman–Crippen LogP) is 4.10. The molecule has 29 heavy (non-hydrogen) atoms. The summed E-state index contributed by atoms with van der Waals surface area (Å²) in [6.07, 6.45) is -3.94. The third-order valence-corrected chi connectivity index (χ3v) is 4.74. The first-order chi connectivity index (χ1) is 13.7. The Morgan fingerprint density at radius 3 is 2.59 bits per heavy atom. The minimum Gasteiger partial charge on any atom is -0.456 e. The summed E-state index contributed by atoms with van der Waals surface area (Å²) >= 11 is 0. The summed E-state index contributed by atoms with van der Waals surface area (Å²) < 4.78 is 47.5. The van der Waals surface area contributed by atoms with Gasteiger partial charge in [0.05, 0.1) is 6.42 Å². The first-order valence-corrected chi connectivity index (χ1v) is 8.67. The number of aryl methyl sites for hydroxylation is 1. The second kappa shape index (κ2) is 6.63. The molecule has 2 aromatic heterocycles. The van der Waals surface area contributed by atoms with Gasteiger partial charge in [0, 0.05) is 42.0 Å². The number of nitrogens with one attached hydrogen (secondary N) is 1. The molecule has 2 N–H and O–H groups in total. The fraction of sp³-hybridized carbons (Fsp3) is 0.200. The van der Waals surface area contributed by atoms with E-state index in [1.54, 1.807) is 18.2 Å². The van der Waals surface area contributed by atoms with E-state index in [1.807, 2.05) is 18.2 Å². The molecule has 0 aliphatic heterocycles. The van der Waals surface area contributed by atoms with Gasteiger partial charge in [0.1, 0.15) is 11.2 Å². The van der Waals surface area contributed by atoms with E-state index in [-0.39, 0.29) is 5.69 Å². The number of furan rings is 1. The summed E-state index contributed by atoms with van der Waals surface area (Å²) in [6, 6.07) is 12.2. The third-order valence-electron chi connectivity index (χ3n) is 4.74. The van der Waals surface area contributed by atoms with Crippen molar-refractivity contribution in [1.82, 2.24) is 9.55 Å². The minimum atomic E-state index is -5.09. The molecule has 2 aromatic carbocycles. The SMILES string of the molecule is Cn1ccnc1C(O)(CC(=O)Nc1ccc2c(c1)oc1ccccc12)C(F)(F)F. The van der Waals surface area contributed by atoms with Crippen LogP contribution in [0.4, 0.5) is 18.9 Å². The molecule has 4 aromatic rings. The van der Waals surface area contributed by atoms with Crippen molar-refractivity contribution in [1.29, 1.82) is 0 Å². The summed E-state index contributed by atoms with van der Waals surface area (Å²) in [7, 11) is 1.31. The Kier molecular flexibility index (Phi) is 4.34.